The lowest BCUT2D eigenvalue weighted by Crippen LogP contribution is -2.41. The Morgan fingerprint density at radius 1 is 1.06 bits per heavy atom. The van der Waals surface area contributed by atoms with Crippen LogP contribution in [-0.4, -0.2) is 45.4 Å². The molecule has 0 bridgehead atoms. The van der Waals surface area contributed by atoms with Gasteiger partial charge in [0.1, 0.15) is 5.60 Å². The predicted octanol–water partition coefficient (Wildman–Crippen LogP) is 5.57. The Balaban J connectivity index is 1.56. The number of amides is 2. The van der Waals surface area contributed by atoms with E-state index < -0.39 is 5.60 Å². The van der Waals surface area contributed by atoms with Crippen LogP contribution in [0.5, 0.6) is 0 Å². The zero-order valence-electron chi connectivity index (χ0n) is 20.3. The van der Waals surface area contributed by atoms with Crippen molar-refractivity contribution in [2.45, 2.75) is 51.7 Å². The monoisotopic (exact) mass is 494 g/mol. The van der Waals surface area contributed by atoms with Crippen LogP contribution >= 0.6 is 11.6 Å². The molecule has 1 N–H and O–H groups in total. The Bertz CT molecular complexity index is 1160. The van der Waals surface area contributed by atoms with Crippen molar-refractivity contribution < 1.29 is 14.3 Å². The van der Waals surface area contributed by atoms with Gasteiger partial charge in [0, 0.05) is 30.6 Å². The molecule has 8 heteroatoms. The molecule has 2 amide bonds. The fraction of sp³-hybridized carbons (Fsp3) is 0.370. The Morgan fingerprint density at radius 2 is 1.71 bits per heavy atom. The molecule has 184 valence electrons. The van der Waals surface area contributed by atoms with E-state index in [0.717, 1.165) is 16.9 Å². The molecule has 0 radical (unpaired) electrons. The minimum atomic E-state index is -0.537. The van der Waals surface area contributed by atoms with E-state index in [4.69, 9.17) is 16.3 Å². The van der Waals surface area contributed by atoms with Crippen molar-refractivity contribution in [3.05, 3.63) is 82.6 Å². The van der Waals surface area contributed by atoms with Crippen LogP contribution in [0.4, 0.5) is 4.79 Å². The zero-order chi connectivity index (χ0) is 25.0. The van der Waals surface area contributed by atoms with E-state index in [0.29, 0.717) is 43.1 Å². The summed E-state index contributed by atoms with van der Waals surface area (Å²) < 4.78 is 7.36. The molecular weight excluding hydrogens is 464 g/mol. The second kappa shape index (κ2) is 10.5. The summed E-state index contributed by atoms with van der Waals surface area (Å²) in [4.78, 5) is 27.5. The molecule has 1 saturated heterocycles. The lowest BCUT2D eigenvalue weighted by atomic mass is 9.91. The highest BCUT2D eigenvalue weighted by Gasteiger charge is 2.32. The lowest BCUT2D eigenvalue weighted by molar-refractivity contribution is 0.0203. The quantitative estimate of drug-likeness (QED) is 0.503. The first kappa shape index (κ1) is 24.8. The Labute approximate surface area is 211 Å². The van der Waals surface area contributed by atoms with Gasteiger partial charge in [-0.25, -0.2) is 9.48 Å². The van der Waals surface area contributed by atoms with Crippen LogP contribution in [0.1, 0.15) is 61.1 Å². The topological polar surface area (TPSA) is 76.5 Å². The van der Waals surface area contributed by atoms with Crippen molar-refractivity contribution in [1.82, 2.24) is 20.0 Å². The van der Waals surface area contributed by atoms with Gasteiger partial charge >= 0.3 is 6.09 Å². The molecule has 1 aromatic heterocycles. The Hall–Kier alpha value is -3.32. The van der Waals surface area contributed by atoms with Crippen LogP contribution in [0.15, 0.2) is 60.8 Å². The first-order valence-electron chi connectivity index (χ1n) is 11.8. The number of rotatable bonds is 5. The van der Waals surface area contributed by atoms with Crippen LogP contribution < -0.4 is 5.32 Å². The highest BCUT2D eigenvalue weighted by atomic mass is 35.5. The van der Waals surface area contributed by atoms with Gasteiger partial charge in [0.15, 0.2) is 0 Å². The van der Waals surface area contributed by atoms with Gasteiger partial charge in [-0.3, -0.25) is 4.79 Å². The number of carbonyl (C=O) groups is 2. The molecule has 0 spiro atoms. The van der Waals surface area contributed by atoms with E-state index in [-0.39, 0.29) is 17.9 Å². The third-order valence-corrected chi connectivity index (χ3v) is 6.20. The summed E-state index contributed by atoms with van der Waals surface area (Å²) in [7, 11) is 0. The molecule has 7 nitrogen and oxygen atoms in total. The maximum Gasteiger partial charge on any atom is 0.410 e. The number of nitrogens with one attached hydrogen (secondary N) is 1. The van der Waals surface area contributed by atoms with E-state index in [1.807, 2.05) is 80.1 Å². The summed E-state index contributed by atoms with van der Waals surface area (Å²) >= 11 is 6.09. The average molecular weight is 495 g/mol. The normalized spacial score (nSPS) is 14.6. The van der Waals surface area contributed by atoms with Gasteiger partial charge in [-0.1, -0.05) is 41.9 Å². The van der Waals surface area contributed by atoms with Crippen molar-refractivity contribution >= 4 is 23.6 Å². The number of likely N-dealkylation sites (tertiary alicyclic amines) is 1. The number of ether oxygens (including phenoxy) is 1. The summed E-state index contributed by atoms with van der Waals surface area (Å²) in [5, 5.41) is 8.23. The van der Waals surface area contributed by atoms with Crippen molar-refractivity contribution in [3.63, 3.8) is 0 Å². The zero-order valence-corrected chi connectivity index (χ0v) is 21.1. The molecule has 4 rings (SSSR count). The van der Waals surface area contributed by atoms with Crippen LogP contribution in [0.3, 0.4) is 0 Å². The van der Waals surface area contributed by atoms with Crippen molar-refractivity contribution in [3.8, 4) is 5.69 Å². The van der Waals surface area contributed by atoms with Gasteiger partial charge in [-0.05, 0) is 63.4 Å². The second-order valence-electron chi connectivity index (χ2n) is 9.74. The summed E-state index contributed by atoms with van der Waals surface area (Å²) in [6.07, 6.45) is 2.74. The fourth-order valence-electron chi connectivity index (χ4n) is 4.25. The number of benzene rings is 2. The van der Waals surface area contributed by atoms with E-state index in [9.17, 15) is 9.59 Å². The van der Waals surface area contributed by atoms with Crippen molar-refractivity contribution in [2.75, 3.05) is 13.1 Å². The Morgan fingerprint density at radius 3 is 2.34 bits per heavy atom. The number of halogens is 1. The summed E-state index contributed by atoms with van der Waals surface area (Å²) in [6, 6.07) is 17.2. The number of nitrogens with zero attached hydrogens (tertiary/aromatic N) is 3. The number of hydrogen-bond donors (Lipinski definition) is 1. The molecular formula is C27H31ClN4O3. The van der Waals surface area contributed by atoms with E-state index in [1.54, 1.807) is 11.1 Å². The summed E-state index contributed by atoms with van der Waals surface area (Å²) in [6.45, 7) is 7.13. The maximum absolute atomic E-state index is 13.2. The fourth-order valence-corrected chi connectivity index (χ4v) is 4.38. The minimum Gasteiger partial charge on any atom is -0.444 e. The SMILES string of the molecule is CC(C)(C)OC(=O)N1CCC(c2c(C(=O)NCc3ccccc3)cnn2-c2ccc(Cl)cc2)CC1. The van der Waals surface area contributed by atoms with Crippen molar-refractivity contribution in [1.29, 1.82) is 0 Å². The van der Waals surface area contributed by atoms with Crippen LogP contribution in [0.25, 0.3) is 5.69 Å². The third-order valence-electron chi connectivity index (χ3n) is 5.95. The first-order valence-corrected chi connectivity index (χ1v) is 12.2. The number of hydrogen-bond acceptors (Lipinski definition) is 4. The molecule has 2 aromatic carbocycles. The molecule has 2 heterocycles. The number of carbonyl (C=O) groups excluding carboxylic acids is 2. The lowest BCUT2D eigenvalue weighted by Gasteiger charge is -2.34. The largest absolute Gasteiger partial charge is 0.444 e. The molecule has 35 heavy (non-hydrogen) atoms. The summed E-state index contributed by atoms with van der Waals surface area (Å²) in [5.74, 6) is -0.108. The number of piperidine rings is 1. The van der Waals surface area contributed by atoms with Gasteiger partial charge in [0.25, 0.3) is 5.91 Å². The van der Waals surface area contributed by atoms with Crippen LogP contribution in [-0.2, 0) is 11.3 Å². The smallest absolute Gasteiger partial charge is 0.410 e. The summed E-state index contributed by atoms with van der Waals surface area (Å²) in [5.41, 5.74) is 2.72. The van der Waals surface area contributed by atoms with E-state index in [2.05, 4.69) is 10.4 Å². The Kier molecular flexibility index (Phi) is 7.45. The van der Waals surface area contributed by atoms with Gasteiger partial charge in [-0.2, -0.15) is 5.10 Å². The minimum absolute atomic E-state index is 0.0596. The van der Waals surface area contributed by atoms with Gasteiger partial charge in [0.2, 0.25) is 0 Å². The van der Waals surface area contributed by atoms with E-state index >= 15 is 0 Å². The van der Waals surface area contributed by atoms with Gasteiger partial charge in [0.05, 0.1) is 23.1 Å². The standard InChI is InChI=1S/C27H31ClN4O3/c1-27(2,3)35-26(34)31-15-13-20(14-16-31)24-23(25(33)29-17-19-7-5-4-6-8-19)18-30-32(24)22-11-9-21(28)10-12-22/h4-12,18,20H,13-17H2,1-3H3,(H,29,33). The van der Waals surface area contributed by atoms with Crippen LogP contribution in [0.2, 0.25) is 5.02 Å². The average Bonchev–Trinajstić information content (AvgIpc) is 3.28. The third kappa shape index (κ3) is 6.22. The molecule has 1 aliphatic heterocycles. The molecule has 1 aliphatic rings. The molecule has 0 atom stereocenters. The number of aromatic nitrogens is 2. The predicted molar refractivity (Wildman–Crippen MR) is 136 cm³/mol. The molecule has 0 unspecified atom stereocenters. The van der Waals surface area contributed by atoms with E-state index in [1.165, 1.54) is 0 Å². The molecule has 0 aliphatic carbocycles. The highest BCUT2D eigenvalue weighted by molar-refractivity contribution is 6.30. The first-order chi connectivity index (χ1) is 16.7. The highest BCUT2D eigenvalue weighted by Crippen LogP contribution is 2.33. The van der Waals surface area contributed by atoms with Gasteiger partial charge in [-0.15, -0.1) is 0 Å². The van der Waals surface area contributed by atoms with Gasteiger partial charge < -0.3 is 15.0 Å². The van der Waals surface area contributed by atoms with Crippen molar-refractivity contribution in [2.24, 2.45) is 0 Å². The molecule has 0 saturated carbocycles. The molecule has 1 fully saturated rings. The second-order valence-corrected chi connectivity index (χ2v) is 10.2. The molecule has 3 aromatic rings. The maximum atomic E-state index is 13.2. The van der Waals surface area contributed by atoms with Crippen LogP contribution in [0, 0.1) is 0 Å².